The highest BCUT2D eigenvalue weighted by molar-refractivity contribution is 6.29. The number of benzene rings is 2. The Bertz CT molecular complexity index is 887. The van der Waals surface area contributed by atoms with Crippen LogP contribution in [-0.4, -0.2) is 11.8 Å². The molecule has 5 heteroatoms. The van der Waals surface area contributed by atoms with Crippen molar-refractivity contribution in [2.45, 2.75) is 0 Å². The molecule has 0 fully saturated rings. The van der Waals surface area contributed by atoms with Gasteiger partial charge in [0, 0.05) is 5.56 Å². The zero-order chi connectivity index (χ0) is 15.5. The van der Waals surface area contributed by atoms with Crippen molar-refractivity contribution < 1.29 is 9.21 Å². The van der Waals surface area contributed by atoms with Gasteiger partial charge in [-0.1, -0.05) is 42.5 Å². The van der Waals surface area contributed by atoms with Crippen molar-refractivity contribution in [1.29, 1.82) is 0 Å². The molecule has 0 saturated carbocycles. The topological polar surface area (TPSA) is 59.3 Å². The first-order chi connectivity index (χ1) is 10.7. The maximum absolute atomic E-state index is 12.7. The molecule has 0 spiro atoms. The number of hydrogen-bond acceptors (Lipinski definition) is 3. The summed E-state index contributed by atoms with van der Waals surface area (Å²) in [5.41, 5.74) is 0.986. The molecule has 0 aliphatic heterocycles. The third-order valence-electron chi connectivity index (χ3n) is 3.22. The highest BCUT2D eigenvalue weighted by Crippen LogP contribution is 2.29. The van der Waals surface area contributed by atoms with Gasteiger partial charge < -0.3 is 9.73 Å². The average Bonchev–Trinajstić information content (AvgIpc) is 2.58. The van der Waals surface area contributed by atoms with Gasteiger partial charge in [0.2, 0.25) is 11.3 Å². The summed E-state index contributed by atoms with van der Waals surface area (Å²) in [5, 5.41) is 2.95. The fourth-order valence-corrected chi connectivity index (χ4v) is 2.29. The van der Waals surface area contributed by atoms with Crippen molar-refractivity contribution in [1.82, 2.24) is 0 Å². The van der Waals surface area contributed by atoms with E-state index in [2.05, 4.69) is 5.32 Å². The second-order valence-electron chi connectivity index (χ2n) is 4.68. The summed E-state index contributed by atoms with van der Waals surface area (Å²) in [4.78, 5) is 24.3. The number of hydrogen-bond donors (Lipinski definition) is 1. The number of para-hydroxylation sites is 1. The molecule has 110 valence electrons. The number of carbonyl (C=O) groups is 1. The number of rotatable bonds is 3. The Morgan fingerprint density at radius 3 is 2.45 bits per heavy atom. The second-order valence-corrected chi connectivity index (χ2v) is 4.95. The quantitative estimate of drug-likeness (QED) is 0.751. The first-order valence-electron chi connectivity index (χ1n) is 6.68. The highest BCUT2D eigenvalue weighted by Gasteiger charge is 2.17. The Balaban J connectivity index is 2.31. The molecule has 2 aromatic carbocycles. The molecule has 1 amide bonds. The molecule has 3 aromatic rings. The Kier molecular flexibility index (Phi) is 3.94. The molecule has 0 unspecified atom stereocenters. The zero-order valence-corrected chi connectivity index (χ0v) is 12.3. The Hall–Kier alpha value is -2.59. The van der Waals surface area contributed by atoms with Gasteiger partial charge >= 0.3 is 0 Å². The number of halogens is 1. The first-order valence-corrected chi connectivity index (χ1v) is 7.21. The summed E-state index contributed by atoms with van der Waals surface area (Å²) in [6, 6.07) is 16.1. The lowest BCUT2D eigenvalue weighted by molar-refractivity contribution is -0.113. The normalized spacial score (nSPS) is 10.6. The lowest BCUT2D eigenvalue weighted by Crippen LogP contribution is -2.20. The van der Waals surface area contributed by atoms with Crippen molar-refractivity contribution >= 4 is 34.2 Å². The molecular weight excluding hydrogens is 302 g/mol. The molecular formula is C17H12ClNO3. The monoisotopic (exact) mass is 313 g/mol. The van der Waals surface area contributed by atoms with Crippen LogP contribution in [-0.2, 0) is 4.79 Å². The van der Waals surface area contributed by atoms with E-state index in [0.29, 0.717) is 22.3 Å². The molecule has 0 bridgehead atoms. The van der Waals surface area contributed by atoms with Crippen molar-refractivity contribution in [3.8, 4) is 11.3 Å². The third-order valence-corrected chi connectivity index (χ3v) is 3.46. The fraction of sp³-hybridized carbons (Fsp3) is 0.0588. The molecule has 0 aliphatic carbocycles. The second kappa shape index (κ2) is 6.03. The summed E-state index contributed by atoms with van der Waals surface area (Å²) < 4.78 is 5.85. The zero-order valence-electron chi connectivity index (χ0n) is 11.5. The maximum Gasteiger partial charge on any atom is 0.239 e. The molecule has 0 atom stereocenters. The average molecular weight is 314 g/mol. The van der Waals surface area contributed by atoms with E-state index in [-0.39, 0.29) is 17.0 Å². The Morgan fingerprint density at radius 1 is 1.05 bits per heavy atom. The van der Waals surface area contributed by atoms with E-state index in [0.717, 1.165) is 0 Å². The summed E-state index contributed by atoms with van der Waals surface area (Å²) in [5.74, 6) is -0.371. The third kappa shape index (κ3) is 2.61. The minimum atomic E-state index is -0.457. The smallest absolute Gasteiger partial charge is 0.239 e. The minimum absolute atomic E-state index is 0.107. The van der Waals surface area contributed by atoms with E-state index < -0.39 is 5.91 Å². The van der Waals surface area contributed by atoms with Gasteiger partial charge in [0.25, 0.3) is 0 Å². The van der Waals surface area contributed by atoms with Gasteiger partial charge in [-0.05, 0) is 12.1 Å². The molecule has 1 N–H and O–H groups in total. The molecule has 3 rings (SSSR count). The predicted molar refractivity (Wildman–Crippen MR) is 87.3 cm³/mol. The minimum Gasteiger partial charge on any atom is -0.454 e. The molecule has 1 aromatic heterocycles. The number of nitrogens with one attached hydrogen (secondary N) is 1. The van der Waals surface area contributed by atoms with Gasteiger partial charge in [-0.25, -0.2) is 0 Å². The van der Waals surface area contributed by atoms with Crippen LogP contribution in [0.5, 0.6) is 0 Å². The van der Waals surface area contributed by atoms with E-state index >= 15 is 0 Å². The molecule has 0 aliphatic rings. The van der Waals surface area contributed by atoms with Crippen molar-refractivity contribution in [3.63, 3.8) is 0 Å². The van der Waals surface area contributed by atoms with Crippen molar-refractivity contribution in [3.05, 3.63) is 64.8 Å². The van der Waals surface area contributed by atoms with Crippen LogP contribution in [0.2, 0.25) is 0 Å². The first kappa shape index (κ1) is 14.4. The van der Waals surface area contributed by atoms with Gasteiger partial charge in [-0.2, -0.15) is 0 Å². The molecule has 1 heterocycles. The van der Waals surface area contributed by atoms with Crippen LogP contribution in [0.1, 0.15) is 0 Å². The van der Waals surface area contributed by atoms with Crippen molar-refractivity contribution in [2.24, 2.45) is 0 Å². The molecule has 22 heavy (non-hydrogen) atoms. The van der Waals surface area contributed by atoms with E-state index in [9.17, 15) is 9.59 Å². The van der Waals surface area contributed by atoms with Crippen LogP contribution in [0, 0.1) is 0 Å². The van der Waals surface area contributed by atoms with E-state index in [4.69, 9.17) is 16.0 Å². The van der Waals surface area contributed by atoms with E-state index in [1.54, 1.807) is 24.3 Å². The predicted octanol–water partition coefficient (Wildman–Crippen LogP) is 3.64. The van der Waals surface area contributed by atoms with Crippen LogP contribution in [0.4, 0.5) is 5.69 Å². The summed E-state index contributed by atoms with van der Waals surface area (Å²) in [6.07, 6.45) is 0. The Labute approximate surface area is 131 Å². The Morgan fingerprint density at radius 2 is 1.73 bits per heavy atom. The van der Waals surface area contributed by atoms with Gasteiger partial charge in [0.05, 0.1) is 5.39 Å². The summed E-state index contributed by atoms with van der Waals surface area (Å²) in [7, 11) is 0. The molecule has 4 nitrogen and oxygen atoms in total. The van der Waals surface area contributed by atoms with E-state index in [1.165, 1.54) is 0 Å². The highest BCUT2D eigenvalue weighted by atomic mass is 35.5. The lowest BCUT2D eigenvalue weighted by Gasteiger charge is -2.10. The standard InChI is InChI=1S/C17H12ClNO3/c18-10-14(20)19-15-16(21)12-8-4-5-9-13(12)22-17(15)11-6-2-1-3-7-11/h1-9H,10H2,(H,19,20). The fourth-order valence-electron chi connectivity index (χ4n) is 2.22. The van der Waals surface area contributed by atoms with Gasteiger partial charge in [-0.15, -0.1) is 11.6 Å². The molecule has 0 radical (unpaired) electrons. The van der Waals surface area contributed by atoms with Crippen LogP contribution in [0.25, 0.3) is 22.3 Å². The largest absolute Gasteiger partial charge is 0.454 e. The number of amides is 1. The molecule has 0 saturated heterocycles. The van der Waals surface area contributed by atoms with Crippen LogP contribution < -0.4 is 10.7 Å². The summed E-state index contributed by atoms with van der Waals surface area (Å²) >= 11 is 5.53. The van der Waals surface area contributed by atoms with Crippen molar-refractivity contribution in [2.75, 3.05) is 11.2 Å². The van der Waals surface area contributed by atoms with Gasteiger partial charge in [0.1, 0.15) is 17.2 Å². The number of carbonyl (C=O) groups excluding carboxylic acids is 1. The number of alkyl halides is 1. The lowest BCUT2D eigenvalue weighted by atomic mass is 10.1. The van der Waals surface area contributed by atoms with Crippen LogP contribution in [0.15, 0.2) is 63.8 Å². The van der Waals surface area contributed by atoms with Gasteiger partial charge in [0.15, 0.2) is 5.76 Å². The summed E-state index contributed by atoms with van der Waals surface area (Å²) in [6.45, 7) is 0. The van der Waals surface area contributed by atoms with Crippen LogP contribution in [0.3, 0.4) is 0 Å². The van der Waals surface area contributed by atoms with Crippen LogP contribution >= 0.6 is 11.6 Å². The van der Waals surface area contributed by atoms with Gasteiger partial charge in [-0.3, -0.25) is 9.59 Å². The number of fused-ring (bicyclic) bond motifs is 1. The number of anilines is 1. The van der Waals surface area contributed by atoms with E-state index in [1.807, 2.05) is 30.3 Å². The SMILES string of the molecule is O=C(CCl)Nc1c(-c2ccccc2)oc2ccccc2c1=O. The maximum atomic E-state index is 12.7.